The van der Waals surface area contributed by atoms with Gasteiger partial charge in [-0.1, -0.05) is 13.8 Å². The number of carbonyl (C=O) groups is 1. The number of hydrogen-bond donors (Lipinski definition) is 0. The highest BCUT2D eigenvalue weighted by Gasteiger charge is 2.25. The summed E-state index contributed by atoms with van der Waals surface area (Å²) in [7, 11) is 1.68. The highest BCUT2D eigenvalue weighted by Crippen LogP contribution is 2.16. The van der Waals surface area contributed by atoms with E-state index < -0.39 is 0 Å². The minimum atomic E-state index is 0.171. The van der Waals surface area contributed by atoms with Gasteiger partial charge in [0.05, 0.1) is 12.6 Å². The molecule has 78 valence electrons. The third-order valence-corrected chi connectivity index (χ3v) is 2.14. The summed E-state index contributed by atoms with van der Waals surface area (Å²) in [4.78, 5) is 12.9. The Labute approximate surface area is 81.1 Å². The second-order valence-electron chi connectivity index (χ2n) is 2.96. The van der Waals surface area contributed by atoms with Crippen LogP contribution in [0, 0.1) is 0 Å². The predicted octanol–water partition coefficient (Wildman–Crippen LogP) is 1.67. The second kappa shape index (κ2) is 6.89. The molecule has 0 bridgehead atoms. The van der Waals surface area contributed by atoms with Crippen molar-refractivity contribution in [2.24, 2.45) is 0 Å². The van der Waals surface area contributed by atoms with Crippen LogP contribution in [0.2, 0.25) is 0 Å². The van der Waals surface area contributed by atoms with E-state index in [1.165, 1.54) is 0 Å². The highest BCUT2D eigenvalue weighted by molar-refractivity contribution is 5.73. The van der Waals surface area contributed by atoms with Crippen LogP contribution in [0.25, 0.3) is 0 Å². The number of methoxy groups -OCH3 is 1. The van der Waals surface area contributed by atoms with Crippen LogP contribution in [-0.4, -0.2) is 37.1 Å². The maximum Gasteiger partial charge on any atom is 0.219 e. The van der Waals surface area contributed by atoms with E-state index in [1.807, 2.05) is 18.7 Å². The zero-order chi connectivity index (χ0) is 10.3. The molecule has 1 saturated heterocycles. The Kier molecular flexibility index (Phi) is 6.59. The Bertz CT molecular complexity index is 148. The molecule has 1 rings (SSSR count). The van der Waals surface area contributed by atoms with Crippen LogP contribution in [0.1, 0.15) is 33.6 Å². The monoisotopic (exact) mass is 187 g/mol. The summed E-state index contributed by atoms with van der Waals surface area (Å²) >= 11 is 0. The van der Waals surface area contributed by atoms with E-state index in [2.05, 4.69) is 0 Å². The minimum absolute atomic E-state index is 0.171. The topological polar surface area (TPSA) is 29.5 Å². The lowest BCUT2D eigenvalue weighted by atomic mass is 10.2. The number of hydrogen-bond acceptors (Lipinski definition) is 2. The largest absolute Gasteiger partial charge is 0.383 e. The van der Waals surface area contributed by atoms with Crippen LogP contribution in [0.5, 0.6) is 0 Å². The van der Waals surface area contributed by atoms with Gasteiger partial charge in [-0.15, -0.1) is 0 Å². The molecule has 1 aliphatic rings. The fourth-order valence-electron chi connectivity index (χ4n) is 1.62. The van der Waals surface area contributed by atoms with Gasteiger partial charge in [0.1, 0.15) is 0 Å². The Morgan fingerprint density at radius 3 is 2.62 bits per heavy atom. The van der Waals surface area contributed by atoms with Crippen LogP contribution in [0.4, 0.5) is 0 Å². The van der Waals surface area contributed by atoms with E-state index in [-0.39, 0.29) is 5.91 Å². The Morgan fingerprint density at radius 2 is 2.15 bits per heavy atom. The standard InChI is InChI=1S/C8H15NO2.C2H6/c1-7(10)9-5-3-4-8(9)6-11-2;1-2/h8H,3-6H2,1-2H3;1-2H3. The molecule has 1 heterocycles. The van der Waals surface area contributed by atoms with Gasteiger partial charge >= 0.3 is 0 Å². The summed E-state index contributed by atoms with van der Waals surface area (Å²) in [5.41, 5.74) is 0. The van der Waals surface area contributed by atoms with Crippen LogP contribution in [0.15, 0.2) is 0 Å². The van der Waals surface area contributed by atoms with E-state index in [1.54, 1.807) is 14.0 Å². The molecule has 1 aliphatic heterocycles. The maximum atomic E-state index is 11.0. The van der Waals surface area contributed by atoms with Crippen LogP contribution in [-0.2, 0) is 9.53 Å². The van der Waals surface area contributed by atoms with Gasteiger partial charge in [-0.3, -0.25) is 4.79 Å². The van der Waals surface area contributed by atoms with Crippen molar-refractivity contribution in [3.05, 3.63) is 0 Å². The first kappa shape index (κ1) is 12.4. The van der Waals surface area contributed by atoms with Crippen molar-refractivity contribution < 1.29 is 9.53 Å². The molecule has 1 atom stereocenters. The van der Waals surface area contributed by atoms with Gasteiger partial charge in [-0.25, -0.2) is 0 Å². The van der Waals surface area contributed by atoms with Crippen molar-refractivity contribution in [2.45, 2.75) is 39.7 Å². The Morgan fingerprint density at radius 1 is 1.54 bits per heavy atom. The van der Waals surface area contributed by atoms with Gasteiger partial charge in [-0.05, 0) is 12.8 Å². The van der Waals surface area contributed by atoms with E-state index in [0.717, 1.165) is 19.4 Å². The summed E-state index contributed by atoms with van der Waals surface area (Å²) in [6.45, 7) is 7.21. The zero-order valence-corrected chi connectivity index (χ0v) is 9.17. The van der Waals surface area contributed by atoms with E-state index >= 15 is 0 Å². The number of rotatable bonds is 2. The summed E-state index contributed by atoms with van der Waals surface area (Å²) in [5, 5.41) is 0. The molecule has 0 aromatic carbocycles. The number of likely N-dealkylation sites (tertiary alicyclic amines) is 1. The van der Waals surface area contributed by atoms with Crippen molar-refractivity contribution in [3.8, 4) is 0 Å². The van der Waals surface area contributed by atoms with Gasteiger partial charge in [0.2, 0.25) is 5.91 Å². The van der Waals surface area contributed by atoms with Crippen LogP contribution in [0.3, 0.4) is 0 Å². The molecule has 0 spiro atoms. The third kappa shape index (κ3) is 3.77. The molecule has 1 amide bonds. The average molecular weight is 187 g/mol. The van der Waals surface area contributed by atoms with Gasteiger partial charge in [0, 0.05) is 20.6 Å². The quantitative estimate of drug-likeness (QED) is 0.658. The number of nitrogens with zero attached hydrogens (tertiary/aromatic N) is 1. The molecule has 0 aromatic rings. The zero-order valence-electron chi connectivity index (χ0n) is 9.17. The normalized spacial score (nSPS) is 20.9. The first-order chi connectivity index (χ1) is 6.25. The van der Waals surface area contributed by atoms with Gasteiger partial charge < -0.3 is 9.64 Å². The van der Waals surface area contributed by atoms with Gasteiger partial charge in [-0.2, -0.15) is 0 Å². The molecular formula is C10H21NO2. The number of carbonyl (C=O) groups excluding carboxylic acids is 1. The van der Waals surface area contributed by atoms with Gasteiger partial charge in [0.15, 0.2) is 0 Å². The smallest absolute Gasteiger partial charge is 0.219 e. The fraction of sp³-hybridized carbons (Fsp3) is 0.900. The molecule has 3 nitrogen and oxygen atoms in total. The van der Waals surface area contributed by atoms with E-state index in [9.17, 15) is 4.79 Å². The summed E-state index contributed by atoms with van der Waals surface area (Å²) in [5.74, 6) is 0.171. The Hall–Kier alpha value is -0.570. The molecule has 0 aromatic heterocycles. The number of amides is 1. The van der Waals surface area contributed by atoms with E-state index in [0.29, 0.717) is 12.6 Å². The fourth-order valence-corrected chi connectivity index (χ4v) is 1.62. The van der Waals surface area contributed by atoms with Crippen LogP contribution >= 0.6 is 0 Å². The van der Waals surface area contributed by atoms with Crippen LogP contribution < -0.4 is 0 Å². The maximum absolute atomic E-state index is 11.0. The molecule has 13 heavy (non-hydrogen) atoms. The molecule has 0 saturated carbocycles. The van der Waals surface area contributed by atoms with Gasteiger partial charge in [0.25, 0.3) is 0 Å². The lowest BCUT2D eigenvalue weighted by Gasteiger charge is -2.22. The Balaban J connectivity index is 0.000000671. The van der Waals surface area contributed by atoms with Crippen molar-refractivity contribution in [1.29, 1.82) is 0 Å². The van der Waals surface area contributed by atoms with Crippen molar-refractivity contribution >= 4 is 5.91 Å². The van der Waals surface area contributed by atoms with Crippen molar-refractivity contribution in [2.75, 3.05) is 20.3 Å². The minimum Gasteiger partial charge on any atom is -0.383 e. The summed E-state index contributed by atoms with van der Waals surface area (Å²) < 4.78 is 5.01. The molecular weight excluding hydrogens is 166 g/mol. The van der Waals surface area contributed by atoms with Crippen molar-refractivity contribution in [1.82, 2.24) is 4.90 Å². The average Bonchev–Trinajstić information content (AvgIpc) is 2.57. The second-order valence-corrected chi connectivity index (χ2v) is 2.96. The third-order valence-electron chi connectivity index (χ3n) is 2.14. The van der Waals surface area contributed by atoms with Crippen molar-refractivity contribution in [3.63, 3.8) is 0 Å². The SMILES string of the molecule is CC.COCC1CCCN1C(C)=O. The molecule has 3 heteroatoms. The lowest BCUT2D eigenvalue weighted by molar-refractivity contribution is -0.130. The highest BCUT2D eigenvalue weighted by atomic mass is 16.5. The molecule has 0 aliphatic carbocycles. The first-order valence-corrected chi connectivity index (χ1v) is 5.02. The summed E-state index contributed by atoms with van der Waals surface area (Å²) in [6.07, 6.45) is 2.21. The molecule has 0 N–H and O–H groups in total. The van der Waals surface area contributed by atoms with E-state index in [4.69, 9.17) is 4.74 Å². The molecule has 1 fully saturated rings. The number of ether oxygens (including phenoxy) is 1. The lowest BCUT2D eigenvalue weighted by Crippen LogP contribution is -2.36. The summed E-state index contributed by atoms with van der Waals surface area (Å²) in [6, 6.07) is 0.331. The first-order valence-electron chi connectivity index (χ1n) is 5.02. The molecule has 0 radical (unpaired) electrons. The predicted molar refractivity (Wildman–Crippen MR) is 53.6 cm³/mol. The molecule has 1 unspecified atom stereocenters.